The van der Waals surface area contributed by atoms with Gasteiger partial charge >= 0.3 is 0 Å². The molecule has 0 N–H and O–H groups in total. The average molecular weight is 92.0 g/mol. The first-order valence-electron chi connectivity index (χ1n) is 1.22. The number of carbonyl (C=O) groups is 1. The van der Waals surface area contributed by atoms with E-state index in [-0.39, 0.29) is 6.29 Å². The van der Waals surface area contributed by atoms with E-state index in [4.69, 9.17) is 4.79 Å². The van der Waals surface area contributed by atoms with Gasteiger partial charge < -0.3 is 0 Å². The summed E-state index contributed by atoms with van der Waals surface area (Å²) in [6.45, 7) is 0. The summed E-state index contributed by atoms with van der Waals surface area (Å²) < 4.78 is 21.6. The molecule has 0 aromatic heterocycles. The lowest BCUT2D eigenvalue weighted by Crippen LogP contribution is -1.66. The van der Waals surface area contributed by atoms with E-state index in [2.05, 4.69) is 0 Å². The van der Waals surface area contributed by atoms with E-state index in [0.29, 0.717) is 0 Å². The van der Waals surface area contributed by atoms with Crippen molar-refractivity contribution in [3.63, 3.8) is 0 Å². The fourth-order valence-corrected chi connectivity index (χ4v) is 0.0257. The molecule has 0 aliphatic rings. The van der Waals surface area contributed by atoms with E-state index >= 15 is 0 Å². The first-order chi connectivity index (χ1) is 2.81. The van der Waals surface area contributed by atoms with E-state index < -0.39 is 12.2 Å². The molecule has 0 radical (unpaired) electrons. The highest BCUT2D eigenvalue weighted by Gasteiger charge is 1.82. The fraction of sp³-hybridized carbons (Fsp3) is 0. The second-order valence-electron chi connectivity index (χ2n) is 0.612. The van der Waals surface area contributed by atoms with E-state index in [9.17, 15) is 8.78 Å². The van der Waals surface area contributed by atoms with Crippen molar-refractivity contribution >= 4 is 6.29 Å². The normalized spacial score (nSPS) is 11.3. The van der Waals surface area contributed by atoms with Gasteiger partial charge in [-0.2, -0.15) is 0 Å². The molecule has 0 fully saturated rings. The van der Waals surface area contributed by atoms with Crippen LogP contribution in [0, 0.1) is 0 Å². The Kier molecular flexibility index (Phi) is 2.20. The zero-order valence-electron chi connectivity index (χ0n) is 2.82. The van der Waals surface area contributed by atoms with E-state index in [1.54, 1.807) is 0 Å². The number of carbonyl (C=O) groups excluding carboxylic acids is 1. The SMILES string of the molecule is O=C/C(F)=C/F. The zero-order valence-corrected chi connectivity index (χ0v) is 2.82. The zero-order chi connectivity index (χ0) is 4.99. The molecule has 0 aliphatic heterocycles. The van der Waals surface area contributed by atoms with Crippen molar-refractivity contribution in [2.45, 2.75) is 0 Å². The molecular formula is C3H2F2O. The minimum Gasteiger partial charge on any atom is -0.295 e. The second kappa shape index (κ2) is 2.50. The quantitative estimate of drug-likeness (QED) is 0.348. The van der Waals surface area contributed by atoms with E-state index in [0.717, 1.165) is 0 Å². The van der Waals surface area contributed by atoms with Crippen LogP contribution in [-0.2, 0) is 4.79 Å². The summed E-state index contributed by atoms with van der Waals surface area (Å²) in [7, 11) is 0. The predicted molar refractivity (Wildman–Crippen MR) is 16.4 cm³/mol. The van der Waals surface area contributed by atoms with Crippen LogP contribution in [0.25, 0.3) is 0 Å². The molecule has 0 amide bonds. The van der Waals surface area contributed by atoms with E-state index in [1.807, 2.05) is 0 Å². The fourth-order valence-electron chi connectivity index (χ4n) is 0.0257. The van der Waals surface area contributed by atoms with Crippen LogP contribution in [-0.4, -0.2) is 6.29 Å². The standard InChI is InChI=1S/C3H2F2O/c4-1-3(5)2-6/h1-2H/b3-1-. The van der Waals surface area contributed by atoms with Crippen LogP contribution in [0.5, 0.6) is 0 Å². The van der Waals surface area contributed by atoms with Crippen LogP contribution >= 0.6 is 0 Å². The lowest BCUT2D eigenvalue weighted by Gasteiger charge is -1.65. The van der Waals surface area contributed by atoms with Gasteiger partial charge in [-0.1, -0.05) is 0 Å². The number of hydrogen-bond acceptors (Lipinski definition) is 1. The van der Waals surface area contributed by atoms with Crippen molar-refractivity contribution < 1.29 is 13.6 Å². The molecule has 1 nitrogen and oxygen atoms in total. The highest BCUT2D eigenvalue weighted by atomic mass is 19.2. The molecule has 6 heavy (non-hydrogen) atoms. The topological polar surface area (TPSA) is 17.1 Å². The number of hydrogen-bond donors (Lipinski definition) is 0. The Labute approximate surface area is 33.3 Å². The van der Waals surface area contributed by atoms with Gasteiger partial charge in [0.05, 0.1) is 0 Å². The lowest BCUT2D eigenvalue weighted by molar-refractivity contribution is -0.106. The molecule has 0 spiro atoms. The van der Waals surface area contributed by atoms with Gasteiger partial charge in [0.25, 0.3) is 0 Å². The summed E-state index contributed by atoms with van der Waals surface area (Å²) in [4.78, 5) is 9.05. The maximum absolute atomic E-state index is 11.0. The van der Waals surface area contributed by atoms with Crippen LogP contribution < -0.4 is 0 Å². The highest BCUT2D eigenvalue weighted by Crippen LogP contribution is 1.87. The Morgan fingerprint density at radius 1 is 1.67 bits per heavy atom. The molecule has 0 aromatic rings. The summed E-state index contributed by atoms with van der Waals surface area (Å²) in [5, 5.41) is 0. The van der Waals surface area contributed by atoms with Crippen molar-refractivity contribution in [3.8, 4) is 0 Å². The van der Waals surface area contributed by atoms with Gasteiger partial charge in [-0.3, -0.25) is 4.79 Å². The summed E-state index contributed by atoms with van der Waals surface area (Å²) in [5.74, 6) is -1.38. The molecule has 0 bridgehead atoms. The molecule has 0 saturated carbocycles. The number of aldehydes is 1. The highest BCUT2D eigenvalue weighted by molar-refractivity contribution is 5.69. The third-order valence-corrected chi connectivity index (χ3v) is 0.217. The lowest BCUT2D eigenvalue weighted by atomic mass is 10.7. The van der Waals surface area contributed by atoms with Crippen molar-refractivity contribution in [1.29, 1.82) is 0 Å². The Bertz CT molecular complexity index is 76.9. The second-order valence-corrected chi connectivity index (χ2v) is 0.612. The van der Waals surface area contributed by atoms with Crippen LogP contribution in [0.4, 0.5) is 8.78 Å². The molecule has 3 heteroatoms. The first-order valence-corrected chi connectivity index (χ1v) is 1.22. The van der Waals surface area contributed by atoms with Crippen molar-refractivity contribution in [3.05, 3.63) is 12.2 Å². The van der Waals surface area contributed by atoms with Gasteiger partial charge in [0.15, 0.2) is 12.1 Å². The summed E-state index contributed by atoms with van der Waals surface area (Å²) >= 11 is 0. The predicted octanol–water partition coefficient (Wildman–Crippen LogP) is 0.966. The molecular weight excluding hydrogens is 90.0 g/mol. The summed E-state index contributed by atoms with van der Waals surface area (Å²) in [6, 6.07) is 0. The average Bonchev–Trinajstić information content (AvgIpc) is 1.65. The summed E-state index contributed by atoms with van der Waals surface area (Å²) in [5.41, 5.74) is 0. The Morgan fingerprint density at radius 2 is 2.17 bits per heavy atom. The molecule has 34 valence electrons. The Hall–Kier alpha value is -0.730. The first kappa shape index (κ1) is 5.27. The largest absolute Gasteiger partial charge is 0.295 e. The van der Waals surface area contributed by atoms with Crippen molar-refractivity contribution in [2.75, 3.05) is 0 Å². The van der Waals surface area contributed by atoms with Gasteiger partial charge in [0.2, 0.25) is 0 Å². The number of rotatable bonds is 1. The third-order valence-electron chi connectivity index (χ3n) is 0.217. The van der Waals surface area contributed by atoms with Crippen LogP contribution in [0.3, 0.4) is 0 Å². The molecule has 0 saturated heterocycles. The molecule has 0 heterocycles. The van der Waals surface area contributed by atoms with Gasteiger partial charge in [0.1, 0.15) is 6.33 Å². The molecule has 0 aromatic carbocycles. The summed E-state index contributed by atoms with van der Waals surface area (Å²) in [6.07, 6.45) is -0.604. The minimum absolute atomic E-state index is 0.208. The number of allylic oxidation sites excluding steroid dienone is 1. The molecule has 0 aliphatic carbocycles. The van der Waals surface area contributed by atoms with Crippen LogP contribution in [0.1, 0.15) is 0 Å². The van der Waals surface area contributed by atoms with Gasteiger partial charge in [-0.25, -0.2) is 8.78 Å². The minimum atomic E-state index is -1.38. The van der Waals surface area contributed by atoms with Crippen LogP contribution in [0.2, 0.25) is 0 Å². The van der Waals surface area contributed by atoms with Gasteiger partial charge in [-0.05, 0) is 0 Å². The maximum Gasteiger partial charge on any atom is 0.190 e. The van der Waals surface area contributed by atoms with Crippen molar-refractivity contribution in [1.82, 2.24) is 0 Å². The number of halogens is 2. The molecule has 0 unspecified atom stereocenters. The third kappa shape index (κ3) is 1.58. The maximum atomic E-state index is 11.0. The van der Waals surface area contributed by atoms with Gasteiger partial charge in [0, 0.05) is 0 Å². The molecule has 0 rings (SSSR count). The van der Waals surface area contributed by atoms with Crippen LogP contribution in [0.15, 0.2) is 12.2 Å². The Balaban J connectivity index is 3.50. The Morgan fingerprint density at radius 3 is 2.17 bits per heavy atom. The van der Waals surface area contributed by atoms with Crippen molar-refractivity contribution in [2.24, 2.45) is 0 Å². The van der Waals surface area contributed by atoms with E-state index in [1.165, 1.54) is 0 Å². The molecule has 0 atom stereocenters. The monoisotopic (exact) mass is 92.0 g/mol. The smallest absolute Gasteiger partial charge is 0.190 e. The van der Waals surface area contributed by atoms with Gasteiger partial charge in [-0.15, -0.1) is 0 Å².